The van der Waals surface area contributed by atoms with E-state index in [-0.39, 0.29) is 24.9 Å². The monoisotopic (exact) mass is 512 g/mol. The molecule has 0 aliphatic heterocycles. The number of thioether (sulfide) groups is 1. The molecule has 0 bridgehead atoms. The van der Waals surface area contributed by atoms with E-state index in [2.05, 4.69) is 38.8 Å². The number of hydrogen-bond donors (Lipinski definition) is 3. The van der Waals surface area contributed by atoms with E-state index in [4.69, 9.17) is 0 Å². The van der Waals surface area contributed by atoms with Gasteiger partial charge in [0, 0.05) is 37.3 Å². The summed E-state index contributed by atoms with van der Waals surface area (Å²) in [5.74, 6) is -1.71. The first kappa shape index (κ1) is 26.2. The summed E-state index contributed by atoms with van der Waals surface area (Å²) in [5, 5.41) is 17.8. The molecule has 1 aromatic heterocycles. The standard InChI is InChI=1S/C27H30F2N4O2S/c1-16(34)32-25(12-17-10-20(28)14-21(29)11-17)26(35)15-31-24-5-3-4-18-6-7-19(13-22(18)24)23-8-9-30-27(33-23)36-2/h6-11,13-14,24-26,31,35H,3-5,12,15H2,1-2H3,(H,32,34). The number of halogens is 2. The van der Waals surface area contributed by atoms with Gasteiger partial charge < -0.3 is 15.7 Å². The molecule has 4 rings (SSSR count). The molecule has 3 aromatic rings. The lowest BCUT2D eigenvalue weighted by Crippen LogP contribution is -2.48. The molecule has 1 heterocycles. The molecular formula is C27H30F2N4O2S. The van der Waals surface area contributed by atoms with E-state index in [9.17, 15) is 18.7 Å². The van der Waals surface area contributed by atoms with Crippen LogP contribution in [0.15, 0.2) is 53.8 Å². The van der Waals surface area contributed by atoms with Crippen LogP contribution in [0.4, 0.5) is 8.78 Å². The molecule has 0 fully saturated rings. The van der Waals surface area contributed by atoms with Gasteiger partial charge in [-0.15, -0.1) is 0 Å². The molecule has 0 spiro atoms. The van der Waals surface area contributed by atoms with Crippen LogP contribution in [0.5, 0.6) is 0 Å². The first-order valence-corrected chi connectivity index (χ1v) is 13.2. The number of aliphatic hydroxyl groups is 1. The number of fused-ring (bicyclic) bond motifs is 1. The van der Waals surface area contributed by atoms with Crippen molar-refractivity contribution in [3.63, 3.8) is 0 Å². The molecule has 6 nitrogen and oxygen atoms in total. The summed E-state index contributed by atoms with van der Waals surface area (Å²) < 4.78 is 27.3. The first-order valence-electron chi connectivity index (χ1n) is 12.0. The van der Waals surface area contributed by atoms with Gasteiger partial charge in [0.1, 0.15) is 11.6 Å². The summed E-state index contributed by atoms with van der Waals surface area (Å²) in [7, 11) is 0. The second-order valence-corrected chi connectivity index (χ2v) is 9.82. The predicted octanol–water partition coefficient (Wildman–Crippen LogP) is 4.22. The molecule has 2 aromatic carbocycles. The predicted molar refractivity (Wildman–Crippen MR) is 137 cm³/mol. The number of nitrogens with zero attached hydrogens (tertiary/aromatic N) is 2. The number of aryl methyl sites for hydroxylation is 1. The Bertz CT molecular complexity index is 1210. The zero-order valence-electron chi connectivity index (χ0n) is 20.3. The van der Waals surface area contributed by atoms with Gasteiger partial charge in [-0.05, 0) is 72.9 Å². The van der Waals surface area contributed by atoms with Crippen LogP contribution >= 0.6 is 11.8 Å². The quantitative estimate of drug-likeness (QED) is 0.294. The molecule has 36 heavy (non-hydrogen) atoms. The van der Waals surface area contributed by atoms with Crippen molar-refractivity contribution in [1.82, 2.24) is 20.6 Å². The van der Waals surface area contributed by atoms with Gasteiger partial charge in [0.2, 0.25) is 5.91 Å². The number of rotatable bonds is 9. The maximum absolute atomic E-state index is 13.7. The third kappa shape index (κ3) is 6.66. The molecule has 9 heteroatoms. The van der Waals surface area contributed by atoms with E-state index in [1.165, 1.54) is 41.9 Å². The summed E-state index contributed by atoms with van der Waals surface area (Å²) in [5.41, 5.74) is 4.65. The molecule has 0 saturated heterocycles. The van der Waals surface area contributed by atoms with Crippen LogP contribution in [0.2, 0.25) is 0 Å². The minimum Gasteiger partial charge on any atom is -0.390 e. The SMILES string of the molecule is CSc1nccc(-c2ccc3c(c2)C(NCC(O)C(Cc2cc(F)cc(F)c2)NC(C)=O)CCC3)n1. The van der Waals surface area contributed by atoms with Crippen molar-refractivity contribution in [2.24, 2.45) is 0 Å². The van der Waals surface area contributed by atoms with Crippen molar-refractivity contribution < 1.29 is 18.7 Å². The second kappa shape index (κ2) is 11.9. The van der Waals surface area contributed by atoms with E-state index in [0.717, 1.165) is 36.6 Å². The number of amides is 1. The fourth-order valence-corrected chi connectivity index (χ4v) is 5.06. The van der Waals surface area contributed by atoms with Crippen molar-refractivity contribution in [1.29, 1.82) is 0 Å². The van der Waals surface area contributed by atoms with E-state index >= 15 is 0 Å². The zero-order valence-corrected chi connectivity index (χ0v) is 21.1. The maximum Gasteiger partial charge on any atom is 0.217 e. The minimum atomic E-state index is -0.959. The van der Waals surface area contributed by atoms with Gasteiger partial charge in [0.05, 0.1) is 17.8 Å². The van der Waals surface area contributed by atoms with E-state index in [1.807, 2.05) is 12.3 Å². The van der Waals surface area contributed by atoms with Crippen LogP contribution in [0, 0.1) is 11.6 Å². The van der Waals surface area contributed by atoms with Crippen LogP contribution in [0.1, 0.15) is 42.5 Å². The Labute approximate surface area is 214 Å². The molecule has 0 saturated carbocycles. The fraction of sp³-hybridized carbons (Fsp3) is 0.370. The summed E-state index contributed by atoms with van der Waals surface area (Å²) in [6.45, 7) is 1.56. The average molecular weight is 513 g/mol. The number of aliphatic hydroxyl groups excluding tert-OH is 1. The van der Waals surface area contributed by atoms with Gasteiger partial charge in [0.25, 0.3) is 0 Å². The van der Waals surface area contributed by atoms with Crippen LogP contribution in [-0.2, 0) is 17.6 Å². The van der Waals surface area contributed by atoms with Gasteiger partial charge in [0.15, 0.2) is 5.16 Å². The van der Waals surface area contributed by atoms with Crippen molar-refractivity contribution in [2.45, 2.75) is 56.0 Å². The first-order chi connectivity index (χ1) is 17.3. The Morgan fingerprint density at radius 2 is 1.97 bits per heavy atom. The molecular weight excluding hydrogens is 482 g/mol. The summed E-state index contributed by atoms with van der Waals surface area (Å²) >= 11 is 1.49. The van der Waals surface area contributed by atoms with Gasteiger partial charge >= 0.3 is 0 Å². The van der Waals surface area contributed by atoms with Crippen LogP contribution in [-0.4, -0.2) is 45.9 Å². The smallest absolute Gasteiger partial charge is 0.217 e. The third-order valence-electron chi connectivity index (χ3n) is 6.38. The van der Waals surface area contributed by atoms with E-state index in [1.54, 1.807) is 6.20 Å². The van der Waals surface area contributed by atoms with Crippen LogP contribution in [0.25, 0.3) is 11.3 Å². The molecule has 3 atom stereocenters. The highest BCUT2D eigenvalue weighted by molar-refractivity contribution is 7.98. The Balaban J connectivity index is 1.49. The molecule has 1 amide bonds. The summed E-state index contributed by atoms with van der Waals surface area (Å²) in [6.07, 6.45) is 5.75. The number of benzene rings is 2. The fourth-order valence-electron chi connectivity index (χ4n) is 4.70. The number of hydrogen-bond acceptors (Lipinski definition) is 6. The van der Waals surface area contributed by atoms with Crippen LogP contribution in [0.3, 0.4) is 0 Å². The Kier molecular flexibility index (Phi) is 8.66. The molecule has 1 aliphatic carbocycles. The number of carbonyl (C=O) groups is 1. The Morgan fingerprint density at radius 1 is 1.19 bits per heavy atom. The lowest BCUT2D eigenvalue weighted by atomic mass is 9.86. The highest BCUT2D eigenvalue weighted by Crippen LogP contribution is 2.33. The maximum atomic E-state index is 13.7. The molecule has 0 radical (unpaired) electrons. The van der Waals surface area contributed by atoms with Gasteiger partial charge in [-0.2, -0.15) is 0 Å². The number of aromatic nitrogens is 2. The van der Waals surface area contributed by atoms with Crippen molar-refractivity contribution >= 4 is 17.7 Å². The summed E-state index contributed by atoms with van der Waals surface area (Å²) in [6, 6.07) is 10.8. The Hall–Kier alpha value is -2.88. The van der Waals surface area contributed by atoms with Crippen molar-refractivity contribution in [3.05, 3.63) is 77.0 Å². The molecule has 190 valence electrons. The van der Waals surface area contributed by atoms with E-state index in [0.29, 0.717) is 10.7 Å². The largest absolute Gasteiger partial charge is 0.390 e. The Morgan fingerprint density at radius 3 is 2.69 bits per heavy atom. The summed E-state index contributed by atoms with van der Waals surface area (Å²) in [4.78, 5) is 20.6. The zero-order chi connectivity index (χ0) is 25.7. The van der Waals surface area contributed by atoms with Gasteiger partial charge in [-0.1, -0.05) is 23.9 Å². The van der Waals surface area contributed by atoms with Crippen molar-refractivity contribution in [3.8, 4) is 11.3 Å². The van der Waals surface area contributed by atoms with Gasteiger partial charge in [-0.25, -0.2) is 18.7 Å². The average Bonchev–Trinajstić information content (AvgIpc) is 2.85. The molecule has 1 aliphatic rings. The topological polar surface area (TPSA) is 87.1 Å². The lowest BCUT2D eigenvalue weighted by Gasteiger charge is -2.30. The molecule has 3 N–H and O–H groups in total. The number of carbonyl (C=O) groups excluding carboxylic acids is 1. The number of nitrogens with one attached hydrogen (secondary N) is 2. The van der Waals surface area contributed by atoms with Crippen LogP contribution < -0.4 is 10.6 Å². The lowest BCUT2D eigenvalue weighted by molar-refractivity contribution is -0.120. The molecule has 3 unspecified atom stereocenters. The second-order valence-electron chi connectivity index (χ2n) is 9.05. The highest BCUT2D eigenvalue weighted by atomic mass is 32.2. The minimum absolute atomic E-state index is 0.0230. The normalized spacial score (nSPS) is 16.8. The van der Waals surface area contributed by atoms with E-state index < -0.39 is 23.8 Å². The van der Waals surface area contributed by atoms with Crippen molar-refractivity contribution in [2.75, 3.05) is 12.8 Å². The third-order valence-corrected chi connectivity index (χ3v) is 6.94. The van der Waals surface area contributed by atoms with Gasteiger partial charge in [-0.3, -0.25) is 4.79 Å². The highest BCUT2D eigenvalue weighted by Gasteiger charge is 2.25.